The Bertz CT molecular complexity index is 829. The molecule has 1 aliphatic heterocycles. The van der Waals surface area contributed by atoms with Crippen molar-refractivity contribution in [2.45, 2.75) is 58.4 Å². The highest BCUT2D eigenvalue weighted by Crippen LogP contribution is 2.22. The molecular formula is C23H32N4O2. The van der Waals surface area contributed by atoms with Crippen LogP contribution in [0.3, 0.4) is 0 Å². The third kappa shape index (κ3) is 5.25. The van der Waals surface area contributed by atoms with Crippen molar-refractivity contribution in [2.24, 2.45) is 0 Å². The number of aryl methyl sites for hydroxylation is 1. The first-order valence-electron chi connectivity index (χ1n) is 10.8. The summed E-state index contributed by atoms with van der Waals surface area (Å²) >= 11 is 0. The summed E-state index contributed by atoms with van der Waals surface area (Å²) in [6.45, 7) is 4.16. The molecule has 1 aromatic heterocycles. The number of amides is 2. The maximum atomic E-state index is 12.9. The first kappa shape index (κ1) is 21.1. The number of rotatable bonds is 9. The predicted octanol–water partition coefficient (Wildman–Crippen LogP) is 3.45. The van der Waals surface area contributed by atoms with Crippen molar-refractivity contribution < 1.29 is 9.59 Å². The van der Waals surface area contributed by atoms with Crippen LogP contribution in [0.25, 0.3) is 0 Å². The summed E-state index contributed by atoms with van der Waals surface area (Å²) in [6, 6.07) is 10.3. The normalized spacial score (nSPS) is 13.0. The Morgan fingerprint density at radius 3 is 2.72 bits per heavy atom. The molecule has 2 aromatic rings. The van der Waals surface area contributed by atoms with Gasteiger partial charge in [-0.3, -0.25) is 9.59 Å². The van der Waals surface area contributed by atoms with Gasteiger partial charge in [0.2, 0.25) is 0 Å². The second-order valence-electron chi connectivity index (χ2n) is 7.76. The smallest absolute Gasteiger partial charge is 0.287 e. The number of fused-ring (bicyclic) bond motifs is 1. The fourth-order valence-electron chi connectivity index (χ4n) is 3.78. The van der Waals surface area contributed by atoms with Crippen LogP contribution in [-0.4, -0.2) is 46.4 Å². The quantitative estimate of drug-likeness (QED) is 0.660. The fourth-order valence-corrected chi connectivity index (χ4v) is 3.78. The lowest BCUT2D eigenvalue weighted by Crippen LogP contribution is -2.29. The lowest BCUT2D eigenvalue weighted by Gasteiger charge is -2.19. The van der Waals surface area contributed by atoms with Crippen molar-refractivity contribution >= 4 is 11.8 Å². The van der Waals surface area contributed by atoms with Gasteiger partial charge in [0.1, 0.15) is 5.69 Å². The molecule has 1 aliphatic rings. The van der Waals surface area contributed by atoms with Crippen molar-refractivity contribution in [3.63, 3.8) is 0 Å². The summed E-state index contributed by atoms with van der Waals surface area (Å²) in [5, 5.41) is 2.99. The molecule has 0 spiro atoms. The number of nitrogens with zero attached hydrogens (tertiary/aromatic N) is 3. The fraction of sp³-hybridized carbons (Fsp3) is 0.522. The van der Waals surface area contributed by atoms with Crippen molar-refractivity contribution in [3.8, 4) is 0 Å². The Labute approximate surface area is 173 Å². The van der Waals surface area contributed by atoms with E-state index in [0.717, 1.165) is 57.2 Å². The van der Waals surface area contributed by atoms with Gasteiger partial charge in [0.25, 0.3) is 11.8 Å². The number of hydrogen-bond donors (Lipinski definition) is 1. The van der Waals surface area contributed by atoms with Crippen LogP contribution in [0.5, 0.6) is 0 Å². The zero-order valence-electron chi connectivity index (χ0n) is 17.6. The van der Waals surface area contributed by atoms with Gasteiger partial charge in [-0.1, -0.05) is 43.7 Å². The van der Waals surface area contributed by atoms with Crippen LogP contribution < -0.4 is 5.32 Å². The Morgan fingerprint density at radius 1 is 1.17 bits per heavy atom. The maximum absolute atomic E-state index is 12.9. The van der Waals surface area contributed by atoms with E-state index in [4.69, 9.17) is 0 Å². The summed E-state index contributed by atoms with van der Waals surface area (Å²) in [6.07, 6.45) is 6.64. The van der Waals surface area contributed by atoms with Crippen LogP contribution in [0.4, 0.5) is 0 Å². The van der Waals surface area contributed by atoms with Crippen LogP contribution >= 0.6 is 0 Å². The summed E-state index contributed by atoms with van der Waals surface area (Å²) < 4.78 is 1.96. The van der Waals surface area contributed by atoms with Gasteiger partial charge in [-0.25, -0.2) is 4.98 Å². The molecule has 3 rings (SSSR count). The van der Waals surface area contributed by atoms with E-state index in [1.807, 2.05) is 29.8 Å². The second kappa shape index (κ2) is 10.2. The summed E-state index contributed by atoms with van der Waals surface area (Å²) in [5.74, 6) is 0.121. The molecular weight excluding hydrogens is 364 g/mol. The predicted molar refractivity (Wildman–Crippen MR) is 114 cm³/mol. The van der Waals surface area contributed by atoms with Crippen LogP contribution in [0.2, 0.25) is 0 Å². The minimum absolute atomic E-state index is 0.0766. The van der Waals surface area contributed by atoms with Crippen molar-refractivity contribution in [1.82, 2.24) is 19.8 Å². The number of carbonyl (C=O) groups excluding carboxylic acids is 2. The number of imidazole rings is 1. The molecule has 0 saturated carbocycles. The van der Waals surface area contributed by atoms with Gasteiger partial charge in [0.15, 0.2) is 5.82 Å². The largest absolute Gasteiger partial charge is 0.349 e. The number of benzene rings is 1. The van der Waals surface area contributed by atoms with Gasteiger partial charge in [-0.15, -0.1) is 0 Å². The van der Waals surface area contributed by atoms with E-state index in [1.54, 1.807) is 4.90 Å². The molecule has 1 aromatic carbocycles. The van der Waals surface area contributed by atoms with Gasteiger partial charge in [0.05, 0.1) is 5.69 Å². The zero-order chi connectivity index (χ0) is 20.6. The minimum atomic E-state index is -0.184. The molecule has 0 bridgehead atoms. The Hall–Kier alpha value is -2.63. The van der Waals surface area contributed by atoms with Crippen LogP contribution in [-0.2, 0) is 19.4 Å². The third-order valence-corrected chi connectivity index (χ3v) is 5.49. The SMILES string of the molecule is CCCCN(C)C(=O)c1nc(C(=O)NCCCc2ccccc2)n2c1CCCC2. The Kier molecular flexibility index (Phi) is 7.44. The number of carbonyl (C=O) groups is 2. The molecule has 0 saturated heterocycles. The third-order valence-electron chi connectivity index (χ3n) is 5.49. The summed E-state index contributed by atoms with van der Waals surface area (Å²) in [7, 11) is 1.82. The molecule has 2 amide bonds. The van der Waals surface area contributed by atoms with E-state index < -0.39 is 0 Å². The van der Waals surface area contributed by atoms with E-state index in [9.17, 15) is 9.59 Å². The topological polar surface area (TPSA) is 67.2 Å². The number of hydrogen-bond acceptors (Lipinski definition) is 3. The lowest BCUT2D eigenvalue weighted by molar-refractivity contribution is 0.0786. The highest BCUT2D eigenvalue weighted by Gasteiger charge is 2.28. The highest BCUT2D eigenvalue weighted by atomic mass is 16.2. The molecule has 29 heavy (non-hydrogen) atoms. The van der Waals surface area contributed by atoms with Crippen LogP contribution in [0.15, 0.2) is 30.3 Å². The van der Waals surface area contributed by atoms with Crippen molar-refractivity contribution in [3.05, 3.63) is 53.1 Å². The van der Waals surface area contributed by atoms with Gasteiger partial charge < -0.3 is 14.8 Å². The Balaban J connectivity index is 1.66. The van der Waals surface area contributed by atoms with E-state index in [2.05, 4.69) is 29.4 Å². The van der Waals surface area contributed by atoms with Gasteiger partial charge in [0, 0.05) is 26.7 Å². The first-order chi connectivity index (χ1) is 14.1. The molecule has 6 nitrogen and oxygen atoms in total. The monoisotopic (exact) mass is 396 g/mol. The minimum Gasteiger partial charge on any atom is -0.349 e. The average Bonchev–Trinajstić information content (AvgIpc) is 3.15. The van der Waals surface area contributed by atoms with Gasteiger partial charge in [-0.05, 0) is 44.1 Å². The number of nitrogens with one attached hydrogen (secondary N) is 1. The molecule has 156 valence electrons. The number of aromatic nitrogens is 2. The highest BCUT2D eigenvalue weighted by molar-refractivity contribution is 5.97. The van der Waals surface area contributed by atoms with E-state index in [1.165, 1.54) is 5.56 Å². The zero-order valence-corrected chi connectivity index (χ0v) is 17.6. The molecule has 0 fully saturated rings. The first-order valence-corrected chi connectivity index (χ1v) is 10.8. The van der Waals surface area contributed by atoms with E-state index in [0.29, 0.717) is 24.6 Å². The molecule has 0 atom stereocenters. The lowest BCUT2D eigenvalue weighted by atomic mass is 10.1. The van der Waals surface area contributed by atoms with Crippen molar-refractivity contribution in [1.29, 1.82) is 0 Å². The molecule has 2 heterocycles. The second-order valence-corrected chi connectivity index (χ2v) is 7.76. The molecule has 0 unspecified atom stereocenters. The van der Waals surface area contributed by atoms with E-state index in [-0.39, 0.29) is 11.8 Å². The molecule has 0 aliphatic carbocycles. The van der Waals surface area contributed by atoms with E-state index >= 15 is 0 Å². The molecule has 0 radical (unpaired) electrons. The van der Waals surface area contributed by atoms with Crippen molar-refractivity contribution in [2.75, 3.05) is 20.1 Å². The standard InChI is InChI=1S/C23H32N4O2/c1-3-4-16-26(2)23(29)20-19-14-8-9-17-27(19)21(25-20)22(28)24-15-10-13-18-11-6-5-7-12-18/h5-7,11-12H,3-4,8-10,13-17H2,1-2H3,(H,24,28). The number of unbranched alkanes of at least 4 members (excludes halogenated alkanes) is 1. The summed E-state index contributed by atoms with van der Waals surface area (Å²) in [5.41, 5.74) is 2.64. The molecule has 6 heteroatoms. The average molecular weight is 397 g/mol. The summed E-state index contributed by atoms with van der Waals surface area (Å²) in [4.78, 5) is 31.9. The van der Waals surface area contributed by atoms with Crippen LogP contribution in [0.1, 0.15) is 71.4 Å². The maximum Gasteiger partial charge on any atom is 0.287 e. The van der Waals surface area contributed by atoms with Crippen LogP contribution in [0, 0.1) is 0 Å². The van der Waals surface area contributed by atoms with Gasteiger partial charge in [-0.2, -0.15) is 0 Å². The van der Waals surface area contributed by atoms with Gasteiger partial charge >= 0.3 is 0 Å². The Morgan fingerprint density at radius 2 is 1.97 bits per heavy atom. The molecule has 1 N–H and O–H groups in total.